The third-order valence-corrected chi connectivity index (χ3v) is 2.93. The van der Waals surface area contributed by atoms with Crippen LogP contribution in [0.5, 0.6) is 0 Å². The topological polar surface area (TPSA) is 69.6 Å². The van der Waals surface area contributed by atoms with E-state index in [4.69, 9.17) is 5.73 Å². The number of para-hydroxylation sites is 1. The number of aromatic nitrogens is 4. The predicted octanol–water partition coefficient (Wildman–Crippen LogP) is 1.84. The lowest BCUT2D eigenvalue weighted by Crippen LogP contribution is -2.04. The van der Waals surface area contributed by atoms with Gasteiger partial charge in [0, 0.05) is 24.5 Å². The zero-order valence-electron chi connectivity index (χ0n) is 10.3. The second kappa shape index (κ2) is 4.89. The van der Waals surface area contributed by atoms with E-state index >= 15 is 0 Å². The van der Waals surface area contributed by atoms with Crippen LogP contribution in [0.1, 0.15) is 11.3 Å². The standard InChI is InChI=1S/C14H13N5/c15-14-6-7-16-9-11(14)8-13-10-17-18-19(13)12-4-2-1-3-5-12/h1-7,9-10H,8H2,(H2,15,16). The minimum Gasteiger partial charge on any atom is -0.398 e. The average Bonchev–Trinajstić information content (AvgIpc) is 2.91. The highest BCUT2D eigenvalue weighted by Gasteiger charge is 2.08. The Morgan fingerprint density at radius 1 is 1.05 bits per heavy atom. The molecule has 0 amide bonds. The van der Waals surface area contributed by atoms with Crippen molar-refractivity contribution in [2.24, 2.45) is 0 Å². The lowest BCUT2D eigenvalue weighted by atomic mass is 10.1. The third kappa shape index (κ3) is 2.30. The summed E-state index contributed by atoms with van der Waals surface area (Å²) in [5, 5.41) is 8.09. The summed E-state index contributed by atoms with van der Waals surface area (Å²) in [5.41, 5.74) is 9.60. The molecular formula is C14H13N5. The van der Waals surface area contributed by atoms with Gasteiger partial charge in [-0.3, -0.25) is 4.98 Å². The van der Waals surface area contributed by atoms with Gasteiger partial charge in [0.15, 0.2) is 0 Å². The molecule has 0 atom stereocenters. The number of pyridine rings is 1. The van der Waals surface area contributed by atoms with Crippen molar-refractivity contribution in [2.75, 3.05) is 5.73 Å². The number of hydrogen-bond donors (Lipinski definition) is 1. The van der Waals surface area contributed by atoms with Gasteiger partial charge in [0.1, 0.15) is 0 Å². The molecular weight excluding hydrogens is 238 g/mol. The van der Waals surface area contributed by atoms with E-state index in [1.165, 1.54) is 0 Å². The predicted molar refractivity (Wildman–Crippen MR) is 72.8 cm³/mol. The Morgan fingerprint density at radius 3 is 2.68 bits per heavy atom. The zero-order chi connectivity index (χ0) is 13.1. The van der Waals surface area contributed by atoms with E-state index in [0.717, 1.165) is 22.6 Å². The van der Waals surface area contributed by atoms with Gasteiger partial charge < -0.3 is 5.73 Å². The van der Waals surface area contributed by atoms with E-state index in [2.05, 4.69) is 15.3 Å². The molecule has 2 heterocycles. The van der Waals surface area contributed by atoms with Gasteiger partial charge in [0.05, 0.1) is 17.6 Å². The van der Waals surface area contributed by atoms with Crippen molar-refractivity contribution in [3.8, 4) is 5.69 Å². The second-order valence-corrected chi connectivity index (χ2v) is 4.22. The molecule has 2 aromatic heterocycles. The van der Waals surface area contributed by atoms with Crippen LogP contribution >= 0.6 is 0 Å². The van der Waals surface area contributed by atoms with Crippen LogP contribution in [0.4, 0.5) is 5.69 Å². The first-order chi connectivity index (χ1) is 9.34. The first kappa shape index (κ1) is 11.4. The molecule has 0 saturated heterocycles. The van der Waals surface area contributed by atoms with Gasteiger partial charge in [-0.25, -0.2) is 4.68 Å². The summed E-state index contributed by atoms with van der Waals surface area (Å²) in [6.07, 6.45) is 5.87. The van der Waals surface area contributed by atoms with Crippen LogP contribution in [0.2, 0.25) is 0 Å². The fourth-order valence-electron chi connectivity index (χ4n) is 1.94. The number of nitrogens with zero attached hydrogens (tertiary/aromatic N) is 4. The summed E-state index contributed by atoms with van der Waals surface area (Å²) in [7, 11) is 0. The highest BCUT2D eigenvalue weighted by atomic mass is 15.4. The Labute approximate surface area is 110 Å². The van der Waals surface area contributed by atoms with Gasteiger partial charge >= 0.3 is 0 Å². The Morgan fingerprint density at radius 2 is 1.89 bits per heavy atom. The lowest BCUT2D eigenvalue weighted by Gasteiger charge is -2.07. The minimum absolute atomic E-state index is 0.654. The number of nitrogens with two attached hydrogens (primary N) is 1. The molecule has 5 nitrogen and oxygen atoms in total. The van der Waals surface area contributed by atoms with Crippen LogP contribution in [0.15, 0.2) is 55.0 Å². The number of anilines is 1. The fraction of sp³-hybridized carbons (Fsp3) is 0.0714. The maximum absolute atomic E-state index is 5.94. The van der Waals surface area contributed by atoms with Crippen molar-refractivity contribution in [3.05, 3.63) is 66.2 Å². The summed E-state index contributed by atoms with van der Waals surface area (Å²) in [6, 6.07) is 11.7. The normalized spacial score (nSPS) is 10.5. The average molecular weight is 251 g/mol. The SMILES string of the molecule is Nc1ccncc1Cc1cnnn1-c1ccccc1. The van der Waals surface area contributed by atoms with E-state index in [9.17, 15) is 0 Å². The summed E-state index contributed by atoms with van der Waals surface area (Å²) < 4.78 is 1.81. The van der Waals surface area contributed by atoms with Crippen LogP contribution in [0.3, 0.4) is 0 Å². The first-order valence-corrected chi connectivity index (χ1v) is 5.98. The van der Waals surface area contributed by atoms with Crippen molar-refractivity contribution >= 4 is 5.69 Å². The van der Waals surface area contributed by atoms with Crippen LogP contribution in [-0.2, 0) is 6.42 Å². The summed E-state index contributed by atoms with van der Waals surface area (Å²) in [5.74, 6) is 0. The Bertz CT molecular complexity index is 675. The number of nitrogen functional groups attached to an aromatic ring is 1. The molecule has 1 aromatic carbocycles. The summed E-state index contributed by atoms with van der Waals surface area (Å²) >= 11 is 0. The molecule has 5 heteroatoms. The molecule has 0 fully saturated rings. The quantitative estimate of drug-likeness (QED) is 0.771. The van der Waals surface area contributed by atoms with Gasteiger partial charge in [-0.1, -0.05) is 23.4 Å². The first-order valence-electron chi connectivity index (χ1n) is 5.98. The molecule has 0 aliphatic rings. The molecule has 94 valence electrons. The number of benzene rings is 1. The molecule has 0 aliphatic carbocycles. The van der Waals surface area contributed by atoms with Crippen LogP contribution in [0.25, 0.3) is 5.69 Å². The van der Waals surface area contributed by atoms with E-state index < -0.39 is 0 Å². The van der Waals surface area contributed by atoms with Crippen molar-refractivity contribution in [1.82, 2.24) is 20.0 Å². The maximum Gasteiger partial charge on any atom is 0.0733 e. The highest BCUT2D eigenvalue weighted by Crippen LogP contribution is 2.16. The third-order valence-electron chi connectivity index (χ3n) is 2.93. The van der Waals surface area contributed by atoms with Crippen molar-refractivity contribution in [2.45, 2.75) is 6.42 Å². The molecule has 2 N–H and O–H groups in total. The number of rotatable bonds is 3. The van der Waals surface area contributed by atoms with E-state index in [1.54, 1.807) is 24.7 Å². The minimum atomic E-state index is 0.654. The van der Waals surface area contributed by atoms with Gasteiger partial charge in [0.25, 0.3) is 0 Å². The summed E-state index contributed by atoms with van der Waals surface area (Å²) in [6.45, 7) is 0. The number of hydrogen-bond acceptors (Lipinski definition) is 4. The van der Waals surface area contributed by atoms with Gasteiger partial charge in [-0.15, -0.1) is 5.10 Å². The molecule has 0 bridgehead atoms. The summed E-state index contributed by atoms with van der Waals surface area (Å²) in [4.78, 5) is 4.10. The smallest absolute Gasteiger partial charge is 0.0733 e. The highest BCUT2D eigenvalue weighted by molar-refractivity contribution is 5.46. The van der Waals surface area contributed by atoms with Crippen molar-refractivity contribution < 1.29 is 0 Å². The monoisotopic (exact) mass is 251 g/mol. The van der Waals surface area contributed by atoms with Crippen LogP contribution in [-0.4, -0.2) is 20.0 Å². The molecule has 3 aromatic rings. The van der Waals surface area contributed by atoms with E-state index in [-0.39, 0.29) is 0 Å². The lowest BCUT2D eigenvalue weighted by molar-refractivity contribution is 0.772. The Hall–Kier alpha value is -2.69. The molecule has 0 saturated carbocycles. The molecule has 0 unspecified atom stereocenters. The van der Waals surface area contributed by atoms with Crippen molar-refractivity contribution in [3.63, 3.8) is 0 Å². The van der Waals surface area contributed by atoms with Crippen LogP contribution < -0.4 is 5.73 Å². The largest absolute Gasteiger partial charge is 0.398 e. The molecule has 3 rings (SSSR count). The fourth-order valence-corrected chi connectivity index (χ4v) is 1.94. The maximum atomic E-state index is 5.94. The van der Waals surface area contributed by atoms with E-state index in [1.807, 2.05) is 35.0 Å². The molecule has 0 radical (unpaired) electrons. The molecule has 19 heavy (non-hydrogen) atoms. The Kier molecular flexibility index (Phi) is 2.94. The van der Waals surface area contributed by atoms with Gasteiger partial charge in [-0.2, -0.15) is 0 Å². The zero-order valence-corrected chi connectivity index (χ0v) is 10.3. The van der Waals surface area contributed by atoms with Crippen LogP contribution in [0, 0.1) is 0 Å². The van der Waals surface area contributed by atoms with Gasteiger partial charge in [-0.05, 0) is 23.8 Å². The van der Waals surface area contributed by atoms with E-state index in [0.29, 0.717) is 6.42 Å². The van der Waals surface area contributed by atoms with Crippen molar-refractivity contribution in [1.29, 1.82) is 0 Å². The molecule has 0 aliphatic heterocycles. The molecule has 0 spiro atoms. The second-order valence-electron chi connectivity index (χ2n) is 4.22. The van der Waals surface area contributed by atoms with Gasteiger partial charge in [0.2, 0.25) is 0 Å². The Balaban J connectivity index is 1.96.